The van der Waals surface area contributed by atoms with E-state index in [4.69, 9.17) is 11.6 Å². The first-order valence-corrected chi connectivity index (χ1v) is 10.0. The SMILES string of the molecule is CC(Nc1nc(Cl)nc2c1ncn2[C@@H]1S[C@@H](C)[C@@H](O)[C@H]1O)c1ccccc1. The molecule has 142 valence electrons. The second-order valence-corrected chi connectivity index (χ2v) is 8.49. The van der Waals surface area contributed by atoms with Crippen LogP contribution in [0, 0.1) is 0 Å². The van der Waals surface area contributed by atoms with E-state index in [9.17, 15) is 10.2 Å². The van der Waals surface area contributed by atoms with Crippen LogP contribution in [-0.4, -0.2) is 47.2 Å². The fourth-order valence-corrected chi connectivity index (χ4v) is 4.80. The van der Waals surface area contributed by atoms with E-state index in [0.717, 1.165) is 5.56 Å². The van der Waals surface area contributed by atoms with Gasteiger partial charge in [-0.3, -0.25) is 4.57 Å². The van der Waals surface area contributed by atoms with Gasteiger partial charge < -0.3 is 15.5 Å². The van der Waals surface area contributed by atoms with Crippen LogP contribution in [0.25, 0.3) is 11.2 Å². The van der Waals surface area contributed by atoms with Crippen LogP contribution in [0.1, 0.15) is 30.8 Å². The van der Waals surface area contributed by atoms with E-state index in [1.807, 2.05) is 44.2 Å². The number of fused-ring (bicyclic) bond motifs is 1. The largest absolute Gasteiger partial charge is 0.389 e. The lowest BCUT2D eigenvalue weighted by Gasteiger charge is -2.18. The zero-order valence-electron chi connectivity index (χ0n) is 14.8. The Labute approximate surface area is 165 Å². The molecule has 4 rings (SSSR count). The standard InChI is InChI=1S/C18H20ClN5O2S/c1-9(11-6-4-3-5-7-11)21-15-12-16(23-18(19)22-15)24(8-20-12)17-14(26)13(25)10(2)27-17/h3-10,13-14,17,25-26H,1-2H3,(H,21,22,23)/t9?,10-,13+,14+,17+/m0/s1. The number of thioether (sulfide) groups is 1. The van der Waals surface area contributed by atoms with Gasteiger partial charge in [-0.15, -0.1) is 11.8 Å². The van der Waals surface area contributed by atoms with Crippen molar-refractivity contribution in [1.82, 2.24) is 19.5 Å². The van der Waals surface area contributed by atoms with Gasteiger partial charge in [0, 0.05) is 5.25 Å². The van der Waals surface area contributed by atoms with Crippen LogP contribution < -0.4 is 5.32 Å². The van der Waals surface area contributed by atoms with Gasteiger partial charge in [0.05, 0.1) is 18.5 Å². The number of nitrogens with zero attached hydrogens (tertiary/aromatic N) is 4. The summed E-state index contributed by atoms with van der Waals surface area (Å²) in [7, 11) is 0. The van der Waals surface area contributed by atoms with Gasteiger partial charge >= 0.3 is 0 Å². The molecule has 1 aliphatic heterocycles. The molecule has 1 saturated heterocycles. The zero-order valence-corrected chi connectivity index (χ0v) is 16.4. The van der Waals surface area contributed by atoms with Crippen molar-refractivity contribution in [3.05, 3.63) is 47.5 Å². The predicted octanol–water partition coefficient (Wildman–Crippen LogP) is 3.01. The summed E-state index contributed by atoms with van der Waals surface area (Å²) in [6.45, 7) is 3.91. The Morgan fingerprint density at radius 2 is 1.93 bits per heavy atom. The molecule has 1 aromatic carbocycles. The number of aliphatic hydroxyl groups is 2. The number of benzene rings is 1. The van der Waals surface area contributed by atoms with Gasteiger partial charge in [-0.05, 0) is 24.1 Å². The predicted molar refractivity (Wildman–Crippen MR) is 107 cm³/mol. The highest BCUT2D eigenvalue weighted by molar-refractivity contribution is 8.00. The average molecular weight is 406 g/mol. The number of imidazole rings is 1. The van der Waals surface area contributed by atoms with E-state index in [2.05, 4.69) is 20.3 Å². The Hall–Kier alpha value is -1.87. The van der Waals surface area contributed by atoms with Gasteiger partial charge in [-0.1, -0.05) is 37.3 Å². The van der Waals surface area contributed by atoms with Gasteiger partial charge in [0.15, 0.2) is 17.0 Å². The molecule has 1 fully saturated rings. The van der Waals surface area contributed by atoms with Crippen LogP contribution in [0.5, 0.6) is 0 Å². The smallest absolute Gasteiger partial charge is 0.226 e. The van der Waals surface area contributed by atoms with E-state index < -0.39 is 12.2 Å². The summed E-state index contributed by atoms with van der Waals surface area (Å²) < 4.78 is 1.75. The lowest BCUT2D eigenvalue weighted by atomic mass is 10.1. The molecule has 1 unspecified atom stereocenters. The van der Waals surface area contributed by atoms with Crippen LogP contribution in [0.4, 0.5) is 5.82 Å². The second-order valence-electron chi connectivity index (χ2n) is 6.65. The minimum Gasteiger partial charge on any atom is -0.389 e. The maximum Gasteiger partial charge on any atom is 0.226 e. The molecule has 3 N–H and O–H groups in total. The molecule has 0 radical (unpaired) electrons. The van der Waals surface area contributed by atoms with Gasteiger partial charge in [0.1, 0.15) is 11.5 Å². The summed E-state index contributed by atoms with van der Waals surface area (Å²) in [5, 5.41) is 23.4. The molecule has 1 aliphatic rings. The van der Waals surface area contributed by atoms with Gasteiger partial charge in [-0.2, -0.15) is 9.97 Å². The fourth-order valence-electron chi connectivity index (χ4n) is 3.26. The van der Waals surface area contributed by atoms with Crippen LogP contribution >= 0.6 is 23.4 Å². The maximum absolute atomic E-state index is 10.4. The summed E-state index contributed by atoms with van der Waals surface area (Å²) in [6.07, 6.45) is -0.0964. The number of anilines is 1. The molecule has 0 spiro atoms. The van der Waals surface area contributed by atoms with Crippen LogP contribution in [-0.2, 0) is 0 Å². The minimum atomic E-state index is -0.907. The number of nitrogens with one attached hydrogen (secondary N) is 1. The normalized spacial score (nSPS) is 26.4. The first-order valence-electron chi connectivity index (χ1n) is 8.69. The van der Waals surface area contributed by atoms with Crippen molar-refractivity contribution in [2.45, 2.75) is 42.7 Å². The Bertz CT molecular complexity index is 954. The van der Waals surface area contributed by atoms with Crippen molar-refractivity contribution in [3.8, 4) is 0 Å². The minimum absolute atomic E-state index is 0.00110. The number of aliphatic hydroxyl groups excluding tert-OH is 2. The molecule has 0 amide bonds. The van der Waals surface area contributed by atoms with E-state index in [1.54, 1.807) is 10.9 Å². The highest BCUT2D eigenvalue weighted by atomic mass is 35.5. The van der Waals surface area contributed by atoms with Crippen molar-refractivity contribution in [2.24, 2.45) is 0 Å². The van der Waals surface area contributed by atoms with Crippen molar-refractivity contribution in [2.75, 3.05) is 5.32 Å². The molecule has 0 aliphatic carbocycles. The van der Waals surface area contributed by atoms with Gasteiger partial charge in [0.2, 0.25) is 5.28 Å². The van der Waals surface area contributed by atoms with Crippen molar-refractivity contribution in [1.29, 1.82) is 0 Å². The third kappa shape index (κ3) is 3.38. The molecule has 5 atom stereocenters. The summed E-state index contributed by atoms with van der Waals surface area (Å²) in [6, 6.07) is 10.00. The van der Waals surface area contributed by atoms with E-state index in [-0.39, 0.29) is 21.9 Å². The van der Waals surface area contributed by atoms with E-state index >= 15 is 0 Å². The topological polar surface area (TPSA) is 96.1 Å². The van der Waals surface area contributed by atoms with Crippen molar-refractivity contribution in [3.63, 3.8) is 0 Å². The number of hydrogen-bond acceptors (Lipinski definition) is 7. The average Bonchev–Trinajstić information content (AvgIpc) is 3.18. The molecular formula is C18H20ClN5O2S. The third-order valence-corrected chi connectivity index (χ3v) is 6.46. The molecule has 7 nitrogen and oxygen atoms in total. The van der Waals surface area contributed by atoms with Crippen molar-refractivity contribution < 1.29 is 10.2 Å². The summed E-state index contributed by atoms with van der Waals surface area (Å²) in [5.41, 5.74) is 2.21. The monoisotopic (exact) mass is 405 g/mol. The highest BCUT2D eigenvalue weighted by Gasteiger charge is 2.41. The van der Waals surface area contributed by atoms with Gasteiger partial charge in [-0.25, -0.2) is 4.98 Å². The summed E-state index contributed by atoms with van der Waals surface area (Å²) in [4.78, 5) is 13.1. The molecule has 9 heteroatoms. The third-order valence-electron chi connectivity index (χ3n) is 4.80. The molecular weight excluding hydrogens is 386 g/mol. The van der Waals surface area contributed by atoms with Crippen molar-refractivity contribution >= 4 is 40.3 Å². The van der Waals surface area contributed by atoms with Crippen LogP contribution in [0.2, 0.25) is 5.28 Å². The Morgan fingerprint density at radius 3 is 2.59 bits per heavy atom. The first-order chi connectivity index (χ1) is 13.0. The first kappa shape index (κ1) is 18.5. The molecule has 0 saturated carbocycles. The van der Waals surface area contributed by atoms with E-state index in [0.29, 0.717) is 17.0 Å². The molecule has 0 bridgehead atoms. The zero-order chi connectivity index (χ0) is 19.1. The lowest BCUT2D eigenvalue weighted by molar-refractivity contribution is 0.0206. The van der Waals surface area contributed by atoms with E-state index in [1.165, 1.54) is 11.8 Å². The number of rotatable bonds is 4. The van der Waals surface area contributed by atoms with Crippen LogP contribution in [0.15, 0.2) is 36.7 Å². The number of hydrogen-bond donors (Lipinski definition) is 3. The molecule has 2 aromatic heterocycles. The van der Waals surface area contributed by atoms with Gasteiger partial charge in [0.25, 0.3) is 0 Å². The Balaban J connectivity index is 1.71. The second kappa shape index (κ2) is 7.27. The highest BCUT2D eigenvalue weighted by Crippen LogP contribution is 2.43. The summed E-state index contributed by atoms with van der Waals surface area (Å²) in [5.74, 6) is 0.534. The Kier molecular flexibility index (Phi) is 4.98. The van der Waals surface area contributed by atoms with Crippen LogP contribution in [0.3, 0.4) is 0 Å². The quantitative estimate of drug-likeness (QED) is 0.574. The molecule has 3 aromatic rings. The Morgan fingerprint density at radius 1 is 1.19 bits per heavy atom. The fraction of sp³-hybridized carbons (Fsp3) is 0.389. The number of halogens is 1. The maximum atomic E-state index is 10.4. The number of aromatic nitrogens is 4. The lowest BCUT2D eigenvalue weighted by Crippen LogP contribution is -2.30. The molecule has 27 heavy (non-hydrogen) atoms. The molecule has 3 heterocycles. The summed E-state index contributed by atoms with van der Waals surface area (Å²) >= 11 is 7.64.